The van der Waals surface area contributed by atoms with E-state index in [-0.39, 0.29) is 24.3 Å². The molecule has 0 unspecified atom stereocenters. The molecule has 0 bridgehead atoms. The summed E-state index contributed by atoms with van der Waals surface area (Å²) in [5.41, 5.74) is 1.40. The highest BCUT2D eigenvalue weighted by molar-refractivity contribution is 7.11. The van der Waals surface area contributed by atoms with Gasteiger partial charge in [0.25, 0.3) is 0 Å². The second kappa shape index (κ2) is 12.5. The van der Waals surface area contributed by atoms with Crippen molar-refractivity contribution < 1.29 is 14.0 Å². The number of hydrogen-bond donors (Lipinski definition) is 1. The normalized spacial score (nSPS) is 10.7. The van der Waals surface area contributed by atoms with E-state index in [0.717, 1.165) is 28.2 Å². The molecule has 0 atom stereocenters. The highest BCUT2D eigenvalue weighted by Gasteiger charge is 2.22. The monoisotopic (exact) mass is 501 g/mol. The number of benzene rings is 2. The fraction of sp³-hybridized carbons (Fsp3) is 0.308. The minimum atomic E-state index is -0.349. The molecule has 0 aliphatic rings. The van der Waals surface area contributed by atoms with Gasteiger partial charge in [0.05, 0.1) is 6.54 Å². The van der Waals surface area contributed by atoms with Gasteiger partial charge in [-0.15, -0.1) is 11.3 Å². The number of carbonyl (C=O) groups is 2. The Hall–Kier alpha value is -2.90. The largest absolute Gasteiger partial charge is 0.332 e. The highest BCUT2D eigenvalue weighted by Crippen LogP contribution is 2.20. The predicted molar refractivity (Wildman–Crippen MR) is 137 cm³/mol. The van der Waals surface area contributed by atoms with Gasteiger partial charge in [-0.1, -0.05) is 43.1 Å². The molecule has 0 aliphatic carbocycles. The fourth-order valence-corrected chi connectivity index (χ4v) is 4.53. The molecule has 8 heteroatoms. The van der Waals surface area contributed by atoms with Gasteiger partial charge in [-0.2, -0.15) is 0 Å². The predicted octanol–water partition coefficient (Wildman–Crippen LogP) is 6.71. The van der Waals surface area contributed by atoms with Gasteiger partial charge in [0, 0.05) is 33.6 Å². The summed E-state index contributed by atoms with van der Waals surface area (Å²) in [7, 11) is 0. The van der Waals surface area contributed by atoms with Gasteiger partial charge in [-0.05, 0) is 61.4 Å². The van der Waals surface area contributed by atoms with Crippen molar-refractivity contribution in [3.63, 3.8) is 0 Å². The molecule has 1 N–H and O–H groups in total. The number of unbranched alkanes of at least 4 members (excludes halogenated alkanes) is 1. The van der Waals surface area contributed by atoms with Gasteiger partial charge in [-0.25, -0.2) is 9.18 Å². The van der Waals surface area contributed by atoms with Crippen molar-refractivity contribution >= 4 is 40.6 Å². The SMILES string of the molecule is CCCCN(CC(=O)N(Cc1ccc(F)cc1)Cc1ccc(C)s1)C(=O)Nc1cccc(Cl)c1. The van der Waals surface area contributed by atoms with Crippen molar-refractivity contribution in [3.05, 3.63) is 86.8 Å². The van der Waals surface area contributed by atoms with E-state index in [9.17, 15) is 14.0 Å². The summed E-state index contributed by atoms with van der Waals surface area (Å²) in [6.07, 6.45) is 1.67. The molecule has 1 aromatic heterocycles. The van der Waals surface area contributed by atoms with Crippen LogP contribution < -0.4 is 5.32 Å². The first kappa shape index (κ1) is 25.7. The number of halogens is 2. The summed E-state index contributed by atoms with van der Waals surface area (Å²) in [6, 6.07) is 16.7. The maximum absolute atomic E-state index is 13.4. The first-order valence-electron chi connectivity index (χ1n) is 11.2. The number of nitrogens with zero attached hydrogens (tertiary/aromatic N) is 2. The van der Waals surface area contributed by atoms with Gasteiger partial charge >= 0.3 is 6.03 Å². The minimum Gasteiger partial charge on any atom is -0.332 e. The molecule has 0 radical (unpaired) electrons. The average Bonchev–Trinajstić information content (AvgIpc) is 3.22. The maximum atomic E-state index is 13.4. The smallest absolute Gasteiger partial charge is 0.322 e. The third-order valence-corrected chi connectivity index (χ3v) is 6.47. The number of thiophene rings is 1. The van der Waals surface area contributed by atoms with Gasteiger partial charge in [0.2, 0.25) is 5.91 Å². The summed E-state index contributed by atoms with van der Waals surface area (Å²) in [4.78, 5) is 31.9. The Morgan fingerprint density at radius 1 is 1.03 bits per heavy atom. The van der Waals surface area contributed by atoms with E-state index in [1.54, 1.807) is 52.6 Å². The lowest BCUT2D eigenvalue weighted by atomic mass is 10.2. The van der Waals surface area contributed by atoms with E-state index in [1.165, 1.54) is 17.0 Å². The van der Waals surface area contributed by atoms with E-state index < -0.39 is 0 Å². The molecule has 0 fully saturated rings. The maximum Gasteiger partial charge on any atom is 0.322 e. The van der Waals surface area contributed by atoms with Gasteiger partial charge < -0.3 is 15.1 Å². The van der Waals surface area contributed by atoms with E-state index in [4.69, 9.17) is 11.6 Å². The van der Waals surface area contributed by atoms with Gasteiger partial charge in [0.1, 0.15) is 12.4 Å². The van der Waals surface area contributed by atoms with Crippen LogP contribution in [0.25, 0.3) is 0 Å². The lowest BCUT2D eigenvalue weighted by molar-refractivity contribution is -0.133. The van der Waals surface area contributed by atoms with Crippen LogP contribution in [0.3, 0.4) is 0 Å². The third kappa shape index (κ3) is 7.85. The Morgan fingerprint density at radius 2 is 1.79 bits per heavy atom. The molecule has 0 saturated carbocycles. The molecule has 5 nitrogen and oxygen atoms in total. The number of hydrogen-bond acceptors (Lipinski definition) is 3. The van der Waals surface area contributed by atoms with E-state index >= 15 is 0 Å². The van der Waals surface area contributed by atoms with E-state index in [0.29, 0.717) is 30.3 Å². The molecule has 2 aromatic carbocycles. The van der Waals surface area contributed by atoms with Crippen LogP contribution in [0, 0.1) is 12.7 Å². The van der Waals surface area contributed by atoms with E-state index in [2.05, 4.69) is 5.32 Å². The second-order valence-corrected chi connectivity index (χ2v) is 9.91. The molecule has 3 amide bonds. The average molecular weight is 502 g/mol. The fourth-order valence-electron chi connectivity index (χ4n) is 3.43. The van der Waals surface area contributed by atoms with Crippen LogP contribution in [-0.2, 0) is 17.9 Å². The zero-order chi connectivity index (χ0) is 24.5. The number of amides is 3. The van der Waals surface area contributed by atoms with Crippen molar-refractivity contribution in [1.82, 2.24) is 9.80 Å². The molecule has 3 rings (SSSR count). The Kier molecular flexibility index (Phi) is 9.48. The van der Waals surface area contributed by atoms with E-state index in [1.807, 2.05) is 26.0 Å². The number of anilines is 1. The quantitative estimate of drug-likeness (QED) is 0.335. The lowest BCUT2D eigenvalue weighted by Gasteiger charge is -2.28. The van der Waals surface area contributed by atoms with Gasteiger partial charge in [0.15, 0.2) is 0 Å². The highest BCUT2D eigenvalue weighted by atomic mass is 35.5. The molecule has 1 heterocycles. The van der Waals surface area contributed by atoms with Crippen LogP contribution in [0.15, 0.2) is 60.7 Å². The van der Waals surface area contributed by atoms with Crippen molar-refractivity contribution in [2.45, 2.75) is 39.8 Å². The Balaban J connectivity index is 1.76. The van der Waals surface area contributed by atoms with Crippen molar-refractivity contribution in [2.24, 2.45) is 0 Å². The van der Waals surface area contributed by atoms with Crippen LogP contribution in [-0.4, -0.2) is 34.8 Å². The minimum absolute atomic E-state index is 0.0576. The van der Waals surface area contributed by atoms with Crippen LogP contribution in [0.5, 0.6) is 0 Å². The Bertz CT molecular complexity index is 1100. The van der Waals surface area contributed by atoms with Crippen LogP contribution >= 0.6 is 22.9 Å². The first-order valence-corrected chi connectivity index (χ1v) is 12.4. The standard InChI is InChI=1S/C26H29ClFN3O2S/c1-3-4-14-30(26(33)29-23-7-5-6-21(27)15-23)18-25(32)31(17-24-13-8-19(2)34-24)16-20-9-11-22(28)12-10-20/h5-13,15H,3-4,14,16-18H2,1-2H3,(H,29,33). The molecule has 3 aromatic rings. The van der Waals surface area contributed by atoms with Crippen molar-refractivity contribution in [2.75, 3.05) is 18.4 Å². The summed E-state index contributed by atoms with van der Waals surface area (Å²) in [5.74, 6) is -0.494. The third-order valence-electron chi connectivity index (χ3n) is 5.25. The number of urea groups is 1. The van der Waals surface area contributed by atoms with Gasteiger partial charge in [-0.3, -0.25) is 4.79 Å². The van der Waals surface area contributed by atoms with Crippen LogP contribution in [0.4, 0.5) is 14.9 Å². The molecular weight excluding hydrogens is 473 g/mol. The summed E-state index contributed by atoms with van der Waals surface area (Å²) in [5, 5.41) is 3.36. The Labute approximate surface area is 209 Å². The topological polar surface area (TPSA) is 52.7 Å². The molecular formula is C26H29ClFN3O2S. The molecule has 34 heavy (non-hydrogen) atoms. The van der Waals surface area contributed by atoms with Crippen molar-refractivity contribution in [1.29, 1.82) is 0 Å². The molecule has 0 aliphatic heterocycles. The number of nitrogens with one attached hydrogen (secondary N) is 1. The number of carbonyl (C=O) groups excluding carboxylic acids is 2. The zero-order valence-electron chi connectivity index (χ0n) is 19.4. The summed E-state index contributed by atoms with van der Waals surface area (Å²) in [6.45, 7) is 5.21. The van der Waals surface area contributed by atoms with Crippen LogP contribution in [0.1, 0.15) is 35.1 Å². The summed E-state index contributed by atoms with van der Waals surface area (Å²) >= 11 is 7.66. The molecule has 0 saturated heterocycles. The Morgan fingerprint density at radius 3 is 2.44 bits per heavy atom. The van der Waals surface area contributed by atoms with Crippen LogP contribution in [0.2, 0.25) is 5.02 Å². The zero-order valence-corrected chi connectivity index (χ0v) is 21.0. The second-order valence-electron chi connectivity index (χ2n) is 8.10. The number of aryl methyl sites for hydroxylation is 1. The number of rotatable bonds is 10. The molecule has 180 valence electrons. The first-order chi connectivity index (χ1) is 16.3. The van der Waals surface area contributed by atoms with Crippen molar-refractivity contribution in [3.8, 4) is 0 Å². The lowest BCUT2D eigenvalue weighted by Crippen LogP contribution is -2.44. The summed E-state index contributed by atoms with van der Waals surface area (Å²) < 4.78 is 13.4. The molecule has 0 spiro atoms.